The third-order valence-corrected chi connectivity index (χ3v) is 8.09. The minimum Gasteiger partial charge on any atom is -0.338 e. The van der Waals surface area contributed by atoms with Crippen LogP contribution in [0.1, 0.15) is 55.2 Å². The topological polar surface area (TPSA) is 36.4 Å². The third-order valence-electron chi connectivity index (χ3n) is 8.09. The highest BCUT2D eigenvalue weighted by atomic mass is 16.2. The van der Waals surface area contributed by atoms with E-state index in [1.165, 1.54) is 43.2 Å². The molecule has 1 unspecified atom stereocenters. The van der Waals surface area contributed by atoms with Crippen molar-refractivity contribution in [3.05, 3.63) is 65.5 Å². The van der Waals surface area contributed by atoms with Crippen LogP contribution < -0.4 is 0 Å². The number of pyridine rings is 1. The van der Waals surface area contributed by atoms with E-state index in [0.717, 1.165) is 38.2 Å². The number of carbonyl (C=O) groups is 1. The van der Waals surface area contributed by atoms with Gasteiger partial charge in [0, 0.05) is 37.9 Å². The van der Waals surface area contributed by atoms with Crippen molar-refractivity contribution < 1.29 is 4.79 Å². The summed E-state index contributed by atoms with van der Waals surface area (Å²) in [4.78, 5) is 22.5. The Morgan fingerprint density at radius 2 is 1.97 bits per heavy atom. The molecule has 0 N–H and O–H groups in total. The second kappa shape index (κ2) is 8.74. The Balaban J connectivity index is 1.19. The van der Waals surface area contributed by atoms with Crippen LogP contribution in [0.3, 0.4) is 0 Å². The molecule has 164 valence electrons. The van der Waals surface area contributed by atoms with Crippen molar-refractivity contribution in [2.24, 2.45) is 17.3 Å². The lowest BCUT2D eigenvalue weighted by molar-refractivity contribution is -0.135. The van der Waals surface area contributed by atoms with E-state index in [9.17, 15) is 4.79 Å². The summed E-state index contributed by atoms with van der Waals surface area (Å²) in [5.74, 6) is 1.30. The molecule has 4 heteroatoms. The van der Waals surface area contributed by atoms with E-state index in [4.69, 9.17) is 0 Å². The van der Waals surface area contributed by atoms with E-state index in [-0.39, 0.29) is 0 Å². The average Bonchev–Trinajstić information content (AvgIpc) is 3.53. The molecular formula is C27H35N3O. The number of aromatic nitrogens is 1. The van der Waals surface area contributed by atoms with Crippen molar-refractivity contribution >= 4 is 5.91 Å². The quantitative estimate of drug-likeness (QED) is 0.648. The highest BCUT2D eigenvalue weighted by molar-refractivity contribution is 5.83. The Kier molecular flexibility index (Phi) is 5.83. The van der Waals surface area contributed by atoms with Gasteiger partial charge in [-0.2, -0.15) is 0 Å². The van der Waals surface area contributed by atoms with Crippen LogP contribution >= 0.6 is 0 Å². The van der Waals surface area contributed by atoms with E-state index in [0.29, 0.717) is 29.7 Å². The van der Waals surface area contributed by atoms with Gasteiger partial charge in [-0.3, -0.25) is 14.7 Å². The first kappa shape index (κ1) is 20.7. The lowest BCUT2D eigenvalue weighted by Gasteiger charge is -2.36. The van der Waals surface area contributed by atoms with Crippen LogP contribution in [0.25, 0.3) is 0 Å². The number of carbonyl (C=O) groups excluding carboxylic acids is 1. The van der Waals surface area contributed by atoms with E-state index in [1.807, 2.05) is 18.5 Å². The summed E-state index contributed by atoms with van der Waals surface area (Å²) in [6, 6.07) is 12.8. The lowest BCUT2D eigenvalue weighted by Crippen LogP contribution is -2.41. The molecule has 3 aliphatic rings. The molecule has 5 rings (SSSR count). The number of rotatable bonds is 7. The second-order valence-electron chi connectivity index (χ2n) is 10.2. The molecule has 1 aliphatic heterocycles. The number of hydrogen-bond acceptors (Lipinski definition) is 3. The van der Waals surface area contributed by atoms with Crippen molar-refractivity contribution in [3.63, 3.8) is 0 Å². The smallest absolute Gasteiger partial charge is 0.226 e. The van der Waals surface area contributed by atoms with Crippen LogP contribution in [0.2, 0.25) is 0 Å². The van der Waals surface area contributed by atoms with Crippen LogP contribution in [-0.4, -0.2) is 40.3 Å². The first-order valence-corrected chi connectivity index (χ1v) is 12.1. The third kappa shape index (κ3) is 4.55. The number of nitrogens with zero attached hydrogens (tertiary/aromatic N) is 3. The fourth-order valence-corrected chi connectivity index (χ4v) is 5.71. The Morgan fingerprint density at radius 3 is 2.61 bits per heavy atom. The summed E-state index contributed by atoms with van der Waals surface area (Å²) < 4.78 is 0. The molecule has 31 heavy (non-hydrogen) atoms. The summed E-state index contributed by atoms with van der Waals surface area (Å²) in [5.41, 5.74) is 4.36. The largest absolute Gasteiger partial charge is 0.338 e. The molecule has 0 bridgehead atoms. The maximum atomic E-state index is 13.4. The molecule has 1 amide bonds. The molecule has 2 saturated carbocycles. The van der Waals surface area contributed by atoms with Crippen LogP contribution in [0.5, 0.6) is 0 Å². The Hall–Kier alpha value is -2.20. The van der Waals surface area contributed by atoms with Crippen molar-refractivity contribution in [3.8, 4) is 0 Å². The minimum atomic E-state index is 0.291. The molecule has 2 aromatic rings. The van der Waals surface area contributed by atoms with Crippen molar-refractivity contribution in [1.82, 2.24) is 14.8 Å². The van der Waals surface area contributed by atoms with Gasteiger partial charge in [-0.25, -0.2) is 0 Å². The fraction of sp³-hybridized carbons (Fsp3) is 0.556. The molecular weight excluding hydrogens is 382 g/mol. The molecule has 4 nitrogen and oxygen atoms in total. The Bertz CT molecular complexity index is 900. The molecule has 0 radical (unpaired) electrons. The van der Waals surface area contributed by atoms with Gasteiger partial charge in [-0.05, 0) is 86.2 Å². The molecule has 1 atom stereocenters. The molecule has 3 fully saturated rings. The first-order valence-electron chi connectivity index (χ1n) is 12.1. The SMILES string of the molecule is Cc1ccccc1CN1CCC(CN(Cc2cccnc2)C(=O)C2CC23CCC3)CC1. The van der Waals surface area contributed by atoms with Crippen molar-refractivity contribution in [2.75, 3.05) is 19.6 Å². The van der Waals surface area contributed by atoms with Gasteiger partial charge < -0.3 is 4.90 Å². The number of benzene rings is 1. The summed E-state index contributed by atoms with van der Waals surface area (Å²) in [6.45, 7) is 7.11. The molecule has 1 aromatic heterocycles. The highest BCUT2D eigenvalue weighted by Gasteiger charge is 2.61. The van der Waals surface area contributed by atoms with Gasteiger partial charge in [0.2, 0.25) is 5.91 Å². The zero-order chi connectivity index (χ0) is 21.3. The maximum absolute atomic E-state index is 13.4. The van der Waals surface area contributed by atoms with Gasteiger partial charge >= 0.3 is 0 Å². The minimum absolute atomic E-state index is 0.291. The van der Waals surface area contributed by atoms with Gasteiger partial charge in [0.05, 0.1) is 0 Å². The summed E-state index contributed by atoms with van der Waals surface area (Å²) >= 11 is 0. The summed E-state index contributed by atoms with van der Waals surface area (Å²) in [5, 5.41) is 0. The van der Waals surface area contributed by atoms with Crippen molar-refractivity contribution in [2.45, 2.75) is 58.5 Å². The number of amides is 1. The second-order valence-corrected chi connectivity index (χ2v) is 10.2. The normalized spacial score (nSPS) is 22.8. The van der Waals surface area contributed by atoms with Gasteiger partial charge in [0.25, 0.3) is 0 Å². The van der Waals surface area contributed by atoms with Gasteiger partial charge in [-0.1, -0.05) is 36.8 Å². The number of piperidine rings is 1. The van der Waals surface area contributed by atoms with Crippen LogP contribution in [0, 0.1) is 24.2 Å². The Labute approximate surface area is 186 Å². The highest BCUT2D eigenvalue weighted by Crippen LogP contribution is 2.66. The Morgan fingerprint density at radius 1 is 1.16 bits per heavy atom. The van der Waals surface area contributed by atoms with Crippen LogP contribution in [0.15, 0.2) is 48.8 Å². The number of aryl methyl sites for hydroxylation is 1. The van der Waals surface area contributed by atoms with Crippen LogP contribution in [-0.2, 0) is 17.9 Å². The molecule has 2 heterocycles. The molecule has 1 aromatic carbocycles. The zero-order valence-corrected chi connectivity index (χ0v) is 18.8. The average molecular weight is 418 g/mol. The first-order chi connectivity index (χ1) is 15.1. The molecule has 2 aliphatic carbocycles. The monoisotopic (exact) mass is 417 g/mol. The maximum Gasteiger partial charge on any atom is 0.226 e. The van der Waals surface area contributed by atoms with E-state index < -0.39 is 0 Å². The van der Waals surface area contributed by atoms with E-state index >= 15 is 0 Å². The predicted molar refractivity (Wildman–Crippen MR) is 123 cm³/mol. The predicted octanol–water partition coefficient (Wildman–Crippen LogP) is 4.82. The molecule has 1 spiro atoms. The zero-order valence-electron chi connectivity index (χ0n) is 18.8. The number of hydrogen-bond donors (Lipinski definition) is 0. The van der Waals surface area contributed by atoms with E-state index in [1.54, 1.807) is 0 Å². The van der Waals surface area contributed by atoms with Crippen LogP contribution in [0.4, 0.5) is 0 Å². The standard InChI is InChI=1S/C27H35N3O/c1-21-6-2-3-8-24(21)20-29-14-9-22(10-15-29)18-30(19-23-7-4-13-28-17-23)26(31)25-16-27(25)11-5-12-27/h2-4,6-8,13,17,22,25H,5,9-12,14-16,18-20H2,1H3. The molecule has 1 saturated heterocycles. The van der Waals surface area contributed by atoms with Gasteiger partial charge in [0.1, 0.15) is 0 Å². The lowest BCUT2D eigenvalue weighted by atomic mass is 9.79. The van der Waals surface area contributed by atoms with Gasteiger partial charge in [0.15, 0.2) is 0 Å². The number of likely N-dealkylation sites (tertiary alicyclic amines) is 1. The van der Waals surface area contributed by atoms with Gasteiger partial charge in [-0.15, -0.1) is 0 Å². The van der Waals surface area contributed by atoms with Crippen molar-refractivity contribution in [1.29, 1.82) is 0 Å². The summed E-state index contributed by atoms with van der Waals surface area (Å²) in [7, 11) is 0. The summed E-state index contributed by atoms with van der Waals surface area (Å²) in [6.07, 6.45) is 11.1. The van der Waals surface area contributed by atoms with E-state index in [2.05, 4.69) is 52.0 Å². The fourth-order valence-electron chi connectivity index (χ4n) is 5.71.